The van der Waals surface area contributed by atoms with Gasteiger partial charge in [-0.1, -0.05) is 29.8 Å². The van der Waals surface area contributed by atoms with Crippen molar-refractivity contribution in [2.75, 3.05) is 18.4 Å². The number of benzene rings is 2. The molecule has 1 amide bonds. The molecule has 1 aliphatic heterocycles. The Kier molecular flexibility index (Phi) is 6.35. The zero-order chi connectivity index (χ0) is 23.8. The summed E-state index contributed by atoms with van der Waals surface area (Å²) in [6, 6.07) is 11.6. The van der Waals surface area contributed by atoms with Crippen LogP contribution in [0, 0.1) is 5.92 Å². The highest BCUT2D eigenvalue weighted by atomic mass is 35.5. The zero-order valence-electron chi connectivity index (χ0n) is 17.1. The minimum absolute atomic E-state index is 0.0121. The molecule has 0 aliphatic carbocycles. The van der Waals surface area contributed by atoms with E-state index in [4.69, 9.17) is 11.6 Å². The molecule has 0 bridgehead atoms. The quantitative estimate of drug-likeness (QED) is 0.553. The fourth-order valence-corrected chi connectivity index (χ4v) is 5.55. The predicted molar refractivity (Wildman–Crippen MR) is 118 cm³/mol. The Morgan fingerprint density at radius 3 is 2.48 bits per heavy atom. The second-order valence-corrected chi connectivity index (χ2v) is 10.0. The van der Waals surface area contributed by atoms with Crippen molar-refractivity contribution in [1.82, 2.24) is 9.29 Å². The highest BCUT2D eigenvalue weighted by Crippen LogP contribution is 2.37. The van der Waals surface area contributed by atoms with Crippen LogP contribution in [0.5, 0.6) is 0 Å². The van der Waals surface area contributed by atoms with Crippen LogP contribution in [0.15, 0.2) is 59.6 Å². The molecule has 1 aromatic heterocycles. The lowest BCUT2D eigenvalue weighted by molar-refractivity contribution is -0.137. The van der Waals surface area contributed by atoms with Crippen LogP contribution in [0.3, 0.4) is 0 Å². The second kappa shape index (κ2) is 8.92. The number of piperidine rings is 1. The molecule has 3 aromatic rings. The third kappa shape index (κ3) is 4.83. The molecule has 0 radical (unpaired) electrons. The minimum atomic E-state index is -4.77. The van der Waals surface area contributed by atoms with E-state index in [9.17, 15) is 26.4 Å². The van der Waals surface area contributed by atoms with E-state index < -0.39 is 37.6 Å². The lowest BCUT2D eigenvalue weighted by Gasteiger charge is -2.30. The Morgan fingerprint density at radius 1 is 1.09 bits per heavy atom. The third-order valence-corrected chi connectivity index (χ3v) is 7.82. The van der Waals surface area contributed by atoms with Crippen LogP contribution in [0.4, 0.5) is 18.9 Å². The Balaban J connectivity index is 1.46. The topological polar surface area (TPSA) is 79.4 Å². The largest absolute Gasteiger partial charge is 0.417 e. The number of pyridine rings is 1. The first kappa shape index (κ1) is 23.5. The van der Waals surface area contributed by atoms with Gasteiger partial charge in [-0.15, -0.1) is 0 Å². The molecule has 1 fully saturated rings. The smallest absolute Gasteiger partial charge is 0.324 e. The molecule has 0 spiro atoms. The summed E-state index contributed by atoms with van der Waals surface area (Å²) in [7, 11) is -4.17. The van der Waals surface area contributed by atoms with Crippen LogP contribution >= 0.6 is 11.6 Å². The number of nitrogens with one attached hydrogen (secondary N) is 1. The third-order valence-electron chi connectivity index (χ3n) is 5.60. The molecular weight excluding hydrogens is 479 g/mol. The van der Waals surface area contributed by atoms with E-state index >= 15 is 0 Å². The number of carbonyl (C=O) groups is 1. The maximum Gasteiger partial charge on any atom is 0.417 e. The number of nitrogens with zero attached hydrogens (tertiary/aromatic N) is 2. The molecule has 174 valence electrons. The molecule has 2 heterocycles. The van der Waals surface area contributed by atoms with Gasteiger partial charge in [-0.05, 0) is 43.2 Å². The van der Waals surface area contributed by atoms with Gasteiger partial charge in [-0.25, -0.2) is 8.42 Å². The van der Waals surface area contributed by atoms with Crippen LogP contribution in [0.2, 0.25) is 5.02 Å². The van der Waals surface area contributed by atoms with Gasteiger partial charge in [0.05, 0.1) is 26.7 Å². The van der Waals surface area contributed by atoms with Gasteiger partial charge in [-0.3, -0.25) is 9.78 Å². The van der Waals surface area contributed by atoms with Gasteiger partial charge in [0.1, 0.15) is 0 Å². The highest BCUT2D eigenvalue weighted by Gasteiger charge is 2.37. The van der Waals surface area contributed by atoms with Crippen molar-refractivity contribution in [3.05, 3.63) is 65.3 Å². The number of alkyl halides is 3. The number of rotatable bonds is 4. The van der Waals surface area contributed by atoms with E-state index in [2.05, 4.69) is 10.3 Å². The maximum absolute atomic E-state index is 13.1. The number of sulfonamides is 1. The normalized spacial score (nSPS) is 16.1. The van der Waals surface area contributed by atoms with Crippen molar-refractivity contribution in [3.8, 4) is 0 Å². The Bertz CT molecular complexity index is 1300. The highest BCUT2D eigenvalue weighted by molar-refractivity contribution is 7.89. The molecule has 0 unspecified atom stereocenters. The van der Waals surface area contributed by atoms with E-state index in [1.54, 1.807) is 24.4 Å². The van der Waals surface area contributed by atoms with E-state index in [1.807, 2.05) is 12.1 Å². The van der Waals surface area contributed by atoms with Gasteiger partial charge in [0.2, 0.25) is 15.9 Å². The number of hydrogen-bond donors (Lipinski definition) is 1. The van der Waals surface area contributed by atoms with Crippen LogP contribution < -0.4 is 5.32 Å². The number of carbonyl (C=O) groups excluding carboxylic acids is 1. The van der Waals surface area contributed by atoms with Gasteiger partial charge in [0.15, 0.2) is 0 Å². The molecule has 4 rings (SSSR count). The minimum Gasteiger partial charge on any atom is -0.324 e. The number of halogens is 4. The molecule has 0 saturated carbocycles. The number of para-hydroxylation sites is 1. The van der Waals surface area contributed by atoms with Crippen molar-refractivity contribution in [2.24, 2.45) is 5.92 Å². The van der Waals surface area contributed by atoms with Crippen LogP contribution in [-0.2, 0) is 21.0 Å². The van der Waals surface area contributed by atoms with E-state index in [1.165, 1.54) is 0 Å². The van der Waals surface area contributed by atoms with Gasteiger partial charge in [-0.2, -0.15) is 17.5 Å². The lowest BCUT2D eigenvalue weighted by atomic mass is 9.97. The lowest BCUT2D eigenvalue weighted by Crippen LogP contribution is -2.41. The first-order valence-electron chi connectivity index (χ1n) is 10.1. The molecular formula is C22H19ClF3N3O3S. The summed E-state index contributed by atoms with van der Waals surface area (Å²) < 4.78 is 66.3. The molecule has 33 heavy (non-hydrogen) atoms. The fraction of sp³-hybridized carbons (Fsp3) is 0.273. The van der Waals surface area contributed by atoms with Crippen molar-refractivity contribution >= 4 is 44.1 Å². The Morgan fingerprint density at radius 2 is 1.79 bits per heavy atom. The number of aromatic nitrogens is 1. The number of hydrogen-bond acceptors (Lipinski definition) is 4. The van der Waals surface area contributed by atoms with Crippen molar-refractivity contribution in [2.45, 2.75) is 23.9 Å². The summed E-state index contributed by atoms with van der Waals surface area (Å²) in [4.78, 5) is 16.6. The van der Waals surface area contributed by atoms with Crippen molar-refractivity contribution in [1.29, 1.82) is 0 Å². The summed E-state index contributed by atoms with van der Waals surface area (Å²) in [6.45, 7) is 0.0242. The van der Waals surface area contributed by atoms with Crippen LogP contribution in [0.25, 0.3) is 10.9 Å². The summed E-state index contributed by atoms with van der Waals surface area (Å²) >= 11 is 5.60. The zero-order valence-corrected chi connectivity index (χ0v) is 18.7. The summed E-state index contributed by atoms with van der Waals surface area (Å²) in [5.41, 5.74) is 0.00812. The van der Waals surface area contributed by atoms with Gasteiger partial charge in [0.25, 0.3) is 0 Å². The van der Waals surface area contributed by atoms with Gasteiger partial charge >= 0.3 is 6.18 Å². The molecule has 11 heteroatoms. The van der Waals surface area contributed by atoms with Crippen molar-refractivity contribution < 1.29 is 26.4 Å². The van der Waals surface area contributed by atoms with Gasteiger partial charge < -0.3 is 5.32 Å². The summed E-state index contributed by atoms with van der Waals surface area (Å²) in [5, 5.41) is 3.16. The molecule has 1 N–H and O–H groups in total. The Labute approximate surface area is 193 Å². The average Bonchev–Trinajstić information content (AvgIpc) is 2.79. The number of amides is 1. The molecule has 1 aliphatic rings. The summed E-state index contributed by atoms with van der Waals surface area (Å²) in [5.74, 6) is -0.692. The maximum atomic E-state index is 13.1. The summed E-state index contributed by atoms with van der Waals surface area (Å²) in [6.07, 6.45) is -2.67. The van der Waals surface area contributed by atoms with Gasteiger partial charge in [0, 0.05) is 30.6 Å². The standard InChI is InChI=1S/C22H19ClF3N3O3S/c23-18-7-6-16(13-17(18)22(24,25)26)33(31,32)29-11-8-15(9-12-29)21(30)28-19-5-1-3-14-4-2-10-27-20(14)19/h1-7,10,13,15H,8-9,11-12H2,(H,28,30). The average molecular weight is 498 g/mol. The van der Waals surface area contributed by atoms with Crippen molar-refractivity contribution in [3.63, 3.8) is 0 Å². The van der Waals surface area contributed by atoms with Crippen LogP contribution in [0.1, 0.15) is 18.4 Å². The molecule has 2 aromatic carbocycles. The molecule has 1 saturated heterocycles. The van der Waals surface area contributed by atoms with E-state index in [0.29, 0.717) is 17.3 Å². The fourth-order valence-electron chi connectivity index (χ4n) is 3.83. The van der Waals surface area contributed by atoms with E-state index in [0.717, 1.165) is 21.8 Å². The molecule has 6 nitrogen and oxygen atoms in total. The first-order chi connectivity index (χ1) is 15.6. The Hall–Kier alpha value is -2.69. The first-order valence-corrected chi connectivity index (χ1v) is 11.9. The molecule has 0 atom stereocenters. The number of fused-ring (bicyclic) bond motifs is 1. The second-order valence-electron chi connectivity index (χ2n) is 7.69. The van der Waals surface area contributed by atoms with Crippen LogP contribution in [-0.4, -0.2) is 36.7 Å². The predicted octanol–water partition coefficient (Wildman–Crippen LogP) is 4.95. The SMILES string of the molecule is O=C(Nc1cccc2cccnc12)C1CCN(S(=O)(=O)c2ccc(Cl)c(C(F)(F)F)c2)CC1. The monoisotopic (exact) mass is 497 g/mol. The number of anilines is 1. The van der Waals surface area contributed by atoms with E-state index in [-0.39, 0.29) is 31.8 Å².